The summed E-state index contributed by atoms with van der Waals surface area (Å²) in [6.07, 6.45) is 3.38. The zero-order chi connectivity index (χ0) is 28.1. The monoisotopic (exact) mass is 579 g/mol. The first kappa shape index (κ1) is 26.6. The van der Waals surface area contributed by atoms with Crippen molar-refractivity contribution in [3.8, 4) is 11.5 Å². The molecule has 4 bridgehead atoms. The number of methoxy groups -OCH3 is 1. The molecule has 8 rings (SSSR count). The predicted octanol–water partition coefficient (Wildman–Crippen LogP) is 4.58. The van der Waals surface area contributed by atoms with E-state index in [1.165, 1.54) is 6.07 Å². The third-order valence-electron chi connectivity index (χ3n) is 10.7. The number of ether oxygens (including phenoxy) is 3. The Morgan fingerprint density at radius 1 is 1.10 bits per heavy atom. The van der Waals surface area contributed by atoms with Gasteiger partial charge >= 0.3 is 15.6 Å². The van der Waals surface area contributed by atoms with E-state index in [2.05, 4.69) is 11.9 Å². The van der Waals surface area contributed by atoms with E-state index in [9.17, 15) is 21.6 Å². The van der Waals surface area contributed by atoms with Gasteiger partial charge in [0.15, 0.2) is 11.5 Å². The molecule has 216 valence electrons. The van der Waals surface area contributed by atoms with Gasteiger partial charge in [0.05, 0.1) is 13.2 Å². The van der Waals surface area contributed by atoms with Crippen LogP contribution in [0.1, 0.15) is 42.4 Å². The van der Waals surface area contributed by atoms with Crippen LogP contribution < -0.4 is 8.92 Å². The molecule has 0 radical (unpaired) electrons. The molecular weight excluding hydrogens is 547 g/mol. The van der Waals surface area contributed by atoms with Gasteiger partial charge in [-0.3, -0.25) is 0 Å². The molecule has 2 aromatic carbocycles. The number of alkyl halides is 3. The minimum atomic E-state index is -5.87. The molecule has 4 fully saturated rings. The Hall–Kier alpha value is -2.34. The number of nitrogens with zero attached hydrogens (tertiary/aromatic N) is 1. The van der Waals surface area contributed by atoms with Gasteiger partial charge in [0.2, 0.25) is 0 Å². The lowest BCUT2D eigenvalue weighted by atomic mass is 9.35. The molecule has 4 aliphatic carbocycles. The Morgan fingerprint density at radius 2 is 1.88 bits per heavy atom. The maximum atomic E-state index is 13.3. The number of hydrogen-bond donors (Lipinski definition) is 0. The summed E-state index contributed by atoms with van der Waals surface area (Å²) in [7, 11) is -2.05. The van der Waals surface area contributed by atoms with E-state index < -0.39 is 38.5 Å². The van der Waals surface area contributed by atoms with Crippen molar-refractivity contribution >= 4 is 10.1 Å². The van der Waals surface area contributed by atoms with Crippen LogP contribution in [-0.4, -0.2) is 63.9 Å². The zero-order valence-electron chi connectivity index (χ0n) is 22.4. The lowest BCUT2D eigenvalue weighted by Crippen LogP contribution is -2.81. The molecule has 1 saturated heterocycles. The molecule has 7 nitrogen and oxygen atoms in total. The molecule has 2 heterocycles. The smallest absolute Gasteiger partial charge is 0.482 e. The van der Waals surface area contributed by atoms with Gasteiger partial charge in [-0.25, -0.2) is 0 Å². The highest BCUT2D eigenvalue weighted by atomic mass is 32.2. The Kier molecular flexibility index (Phi) is 5.70. The normalized spacial score (nSPS) is 35.8. The Morgan fingerprint density at radius 3 is 2.60 bits per heavy atom. The van der Waals surface area contributed by atoms with Crippen LogP contribution in [0.4, 0.5) is 13.2 Å². The van der Waals surface area contributed by atoms with Crippen molar-refractivity contribution in [1.29, 1.82) is 0 Å². The van der Waals surface area contributed by atoms with Crippen molar-refractivity contribution in [3.63, 3.8) is 0 Å². The lowest BCUT2D eigenvalue weighted by Gasteiger charge is -2.73. The van der Waals surface area contributed by atoms with Crippen LogP contribution >= 0.6 is 0 Å². The first-order chi connectivity index (χ1) is 19.0. The molecule has 11 heteroatoms. The topological polar surface area (TPSA) is 74.3 Å². The molecule has 0 amide bonds. The molecular formula is C29H32F3NO6S. The van der Waals surface area contributed by atoms with Crippen LogP contribution in [0.3, 0.4) is 0 Å². The fourth-order valence-electron chi connectivity index (χ4n) is 9.14. The standard InChI is InChI=1S/C29H32F3NO6S/c1-33-13-12-27-23-19-8-9-21(39-40(34,35)29(30,31)32)24(23)38-25(27)28(36-2)11-10-26(27,22(33)14-19)15-20(28)17-37-16-18-6-4-3-5-7-18/h3-9,20,22,25H,10-17H2,1-2H3/t20-,22-,25-,26-,27+,28-/m1/s1. The summed E-state index contributed by atoms with van der Waals surface area (Å²) in [6.45, 7) is 1.71. The van der Waals surface area contributed by atoms with Crippen LogP contribution in [0.15, 0.2) is 42.5 Å². The first-order valence-corrected chi connectivity index (χ1v) is 15.1. The third-order valence-corrected chi connectivity index (χ3v) is 11.6. The number of likely N-dealkylation sites (N-methyl/N-ethyl adjacent to an activating group) is 1. The van der Waals surface area contributed by atoms with Crippen LogP contribution in [0.5, 0.6) is 11.5 Å². The molecule has 2 spiro atoms. The number of halogens is 3. The van der Waals surface area contributed by atoms with Crippen molar-refractivity contribution < 1.29 is 40.0 Å². The quantitative estimate of drug-likeness (QED) is 0.351. The number of hydrogen-bond acceptors (Lipinski definition) is 7. The number of rotatable bonds is 7. The highest BCUT2D eigenvalue weighted by Gasteiger charge is 2.80. The number of benzene rings is 2. The average Bonchev–Trinajstić information content (AvgIpc) is 3.29. The summed E-state index contributed by atoms with van der Waals surface area (Å²) in [5.74, 6) is -0.298. The molecule has 0 N–H and O–H groups in total. The number of piperidine rings is 1. The van der Waals surface area contributed by atoms with Crippen LogP contribution in [-0.2, 0) is 38.0 Å². The van der Waals surface area contributed by atoms with Gasteiger partial charge in [-0.15, -0.1) is 0 Å². The highest BCUT2D eigenvalue weighted by molar-refractivity contribution is 7.88. The predicted molar refractivity (Wildman–Crippen MR) is 138 cm³/mol. The Bertz CT molecular complexity index is 1450. The van der Waals surface area contributed by atoms with Crippen LogP contribution in [0, 0.1) is 11.3 Å². The third kappa shape index (κ3) is 3.26. The molecule has 2 aromatic rings. The van der Waals surface area contributed by atoms with Gasteiger partial charge in [0.25, 0.3) is 0 Å². The van der Waals surface area contributed by atoms with Crippen molar-refractivity contribution in [2.45, 2.75) is 67.4 Å². The van der Waals surface area contributed by atoms with Gasteiger partial charge in [0.1, 0.15) is 11.7 Å². The van der Waals surface area contributed by atoms with E-state index >= 15 is 0 Å². The van der Waals surface area contributed by atoms with E-state index in [4.69, 9.17) is 18.4 Å². The fourth-order valence-corrected chi connectivity index (χ4v) is 9.60. The number of fused-ring (bicyclic) bond motifs is 2. The molecule has 0 aromatic heterocycles. The lowest BCUT2D eigenvalue weighted by molar-refractivity contribution is -0.282. The molecule has 2 aliphatic heterocycles. The van der Waals surface area contributed by atoms with E-state index in [0.717, 1.165) is 48.9 Å². The second-order valence-electron chi connectivity index (χ2n) is 12.0. The Balaban J connectivity index is 1.33. The van der Waals surface area contributed by atoms with Gasteiger partial charge in [-0.05, 0) is 62.9 Å². The zero-order valence-corrected chi connectivity index (χ0v) is 23.2. The summed E-state index contributed by atoms with van der Waals surface area (Å²) in [4.78, 5) is 2.41. The molecule has 40 heavy (non-hydrogen) atoms. The van der Waals surface area contributed by atoms with E-state index in [1.54, 1.807) is 13.2 Å². The fraction of sp³-hybridized carbons (Fsp3) is 0.586. The SMILES string of the molecule is CO[C@]12CC[C@@]3(C[C@@H]1COCc1ccccc1)[C@H]1Cc4ccc(OS(=O)(=O)C(F)(F)F)c5c4[C@@]3(CCN1C)[C@H]2O5. The van der Waals surface area contributed by atoms with Gasteiger partial charge < -0.3 is 23.3 Å². The van der Waals surface area contributed by atoms with Gasteiger partial charge in [0, 0.05) is 35.5 Å². The average molecular weight is 580 g/mol. The Labute approximate surface area is 231 Å². The maximum Gasteiger partial charge on any atom is 0.534 e. The van der Waals surface area contributed by atoms with Gasteiger partial charge in [-0.1, -0.05) is 36.4 Å². The summed E-state index contributed by atoms with van der Waals surface area (Å²) in [5, 5.41) is 0. The summed E-state index contributed by atoms with van der Waals surface area (Å²) in [5.41, 5.74) is -4.15. The minimum absolute atomic E-state index is 0.0128. The van der Waals surface area contributed by atoms with E-state index in [1.807, 2.05) is 30.3 Å². The van der Waals surface area contributed by atoms with Crippen molar-refractivity contribution in [3.05, 3.63) is 59.2 Å². The largest absolute Gasteiger partial charge is 0.534 e. The summed E-state index contributed by atoms with van der Waals surface area (Å²) < 4.78 is 88.1. The summed E-state index contributed by atoms with van der Waals surface area (Å²) in [6, 6.07) is 13.2. The second kappa shape index (κ2) is 8.59. The minimum Gasteiger partial charge on any atom is -0.482 e. The van der Waals surface area contributed by atoms with Crippen molar-refractivity contribution in [1.82, 2.24) is 4.90 Å². The van der Waals surface area contributed by atoms with Gasteiger partial charge in [-0.2, -0.15) is 21.6 Å². The highest BCUT2D eigenvalue weighted by Crippen LogP contribution is 2.76. The molecule has 6 aliphatic rings. The first-order valence-electron chi connectivity index (χ1n) is 13.7. The second-order valence-corrected chi connectivity index (χ2v) is 13.6. The van der Waals surface area contributed by atoms with E-state index in [0.29, 0.717) is 19.6 Å². The van der Waals surface area contributed by atoms with Crippen LogP contribution in [0.25, 0.3) is 0 Å². The number of likely N-dealkylation sites (tertiary alicyclic amines) is 1. The molecule has 6 atom stereocenters. The summed E-state index contributed by atoms with van der Waals surface area (Å²) >= 11 is 0. The molecule has 3 saturated carbocycles. The molecule has 0 unspecified atom stereocenters. The van der Waals surface area contributed by atoms with Crippen molar-refractivity contribution in [2.24, 2.45) is 11.3 Å². The van der Waals surface area contributed by atoms with Crippen LogP contribution in [0.2, 0.25) is 0 Å². The maximum absolute atomic E-state index is 13.3. The van der Waals surface area contributed by atoms with Crippen molar-refractivity contribution in [2.75, 3.05) is 27.3 Å². The van der Waals surface area contributed by atoms with E-state index in [-0.39, 0.29) is 23.1 Å².